The standard InChI is InChI=1S/C17H14ClF4N3O2/c1-25(7-14(26)23-9-2-3-11(19)10(18)6-9)8-15(27)24-13-5-4-12(20)16(21)17(13)22/h2-6H,7-8H2,1H3,(H,23,26)(H,24,27). The first-order chi connectivity index (χ1) is 12.7. The second-order valence-electron chi connectivity index (χ2n) is 5.62. The number of rotatable bonds is 6. The second kappa shape index (κ2) is 8.83. The number of hydrogen-bond donors (Lipinski definition) is 2. The van der Waals surface area contributed by atoms with Crippen LogP contribution in [0, 0.1) is 23.3 Å². The van der Waals surface area contributed by atoms with Gasteiger partial charge in [-0.2, -0.15) is 0 Å². The lowest BCUT2D eigenvalue weighted by atomic mass is 10.2. The van der Waals surface area contributed by atoms with Gasteiger partial charge in [-0.05, 0) is 37.4 Å². The van der Waals surface area contributed by atoms with E-state index in [4.69, 9.17) is 11.6 Å². The largest absolute Gasteiger partial charge is 0.325 e. The number of nitrogens with one attached hydrogen (secondary N) is 2. The molecule has 0 aliphatic carbocycles. The Morgan fingerprint density at radius 2 is 1.52 bits per heavy atom. The molecule has 0 heterocycles. The number of carbonyl (C=O) groups excluding carboxylic acids is 2. The van der Waals surface area contributed by atoms with Crippen molar-refractivity contribution in [3.8, 4) is 0 Å². The lowest BCUT2D eigenvalue weighted by Gasteiger charge is -2.16. The normalized spacial score (nSPS) is 10.8. The summed E-state index contributed by atoms with van der Waals surface area (Å²) in [7, 11) is 1.44. The van der Waals surface area contributed by atoms with Crippen LogP contribution >= 0.6 is 11.6 Å². The molecular formula is C17H14ClF4N3O2. The van der Waals surface area contributed by atoms with Crippen molar-refractivity contribution in [2.75, 3.05) is 30.8 Å². The monoisotopic (exact) mass is 403 g/mol. The van der Waals surface area contributed by atoms with Crippen LogP contribution in [0.3, 0.4) is 0 Å². The molecule has 144 valence electrons. The van der Waals surface area contributed by atoms with Gasteiger partial charge in [-0.1, -0.05) is 11.6 Å². The topological polar surface area (TPSA) is 61.4 Å². The molecule has 2 rings (SSSR count). The molecular weight excluding hydrogens is 390 g/mol. The van der Waals surface area contributed by atoms with Gasteiger partial charge in [0.25, 0.3) is 0 Å². The van der Waals surface area contributed by atoms with E-state index in [1.54, 1.807) is 0 Å². The van der Waals surface area contributed by atoms with Crippen LogP contribution in [0.5, 0.6) is 0 Å². The van der Waals surface area contributed by atoms with Crippen LogP contribution in [0.2, 0.25) is 5.02 Å². The molecule has 10 heteroatoms. The van der Waals surface area contributed by atoms with E-state index in [0.29, 0.717) is 6.07 Å². The molecule has 0 spiro atoms. The van der Waals surface area contributed by atoms with Crippen molar-refractivity contribution in [2.24, 2.45) is 0 Å². The van der Waals surface area contributed by atoms with Crippen LogP contribution in [0.15, 0.2) is 30.3 Å². The average molecular weight is 404 g/mol. The van der Waals surface area contributed by atoms with E-state index in [1.807, 2.05) is 0 Å². The number of hydrogen-bond acceptors (Lipinski definition) is 3. The smallest absolute Gasteiger partial charge is 0.238 e. The number of halogens is 5. The molecule has 5 nitrogen and oxygen atoms in total. The van der Waals surface area contributed by atoms with E-state index in [9.17, 15) is 27.2 Å². The number of likely N-dealkylation sites (N-methyl/N-ethyl adjacent to an activating group) is 1. The summed E-state index contributed by atoms with van der Waals surface area (Å²) in [4.78, 5) is 25.1. The van der Waals surface area contributed by atoms with E-state index >= 15 is 0 Å². The Morgan fingerprint density at radius 1 is 0.926 bits per heavy atom. The fraction of sp³-hybridized carbons (Fsp3) is 0.176. The predicted molar refractivity (Wildman–Crippen MR) is 92.5 cm³/mol. The van der Waals surface area contributed by atoms with Gasteiger partial charge in [-0.3, -0.25) is 14.5 Å². The van der Waals surface area contributed by atoms with Crippen LogP contribution < -0.4 is 10.6 Å². The molecule has 0 saturated carbocycles. The van der Waals surface area contributed by atoms with Crippen molar-refractivity contribution in [1.29, 1.82) is 0 Å². The van der Waals surface area contributed by atoms with Crippen molar-refractivity contribution in [1.82, 2.24) is 4.90 Å². The average Bonchev–Trinajstić information content (AvgIpc) is 2.58. The molecule has 2 N–H and O–H groups in total. The maximum Gasteiger partial charge on any atom is 0.238 e. The molecule has 0 aromatic heterocycles. The summed E-state index contributed by atoms with van der Waals surface area (Å²) in [5, 5.41) is 4.41. The fourth-order valence-corrected chi connectivity index (χ4v) is 2.31. The molecule has 27 heavy (non-hydrogen) atoms. The van der Waals surface area contributed by atoms with Crippen LogP contribution in [0.1, 0.15) is 0 Å². The van der Waals surface area contributed by atoms with Crippen LogP contribution in [0.4, 0.5) is 28.9 Å². The van der Waals surface area contributed by atoms with Gasteiger partial charge >= 0.3 is 0 Å². The number of benzene rings is 2. The minimum absolute atomic E-state index is 0.158. The third kappa shape index (κ3) is 5.66. The van der Waals surface area contributed by atoms with Gasteiger partial charge in [0.1, 0.15) is 5.82 Å². The summed E-state index contributed by atoms with van der Waals surface area (Å²) in [6.07, 6.45) is 0. The van der Waals surface area contributed by atoms with Gasteiger partial charge in [-0.15, -0.1) is 0 Å². The Kier molecular flexibility index (Phi) is 6.75. The van der Waals surface area contributed by atoms with Gasteiger partial charge in [0.05, 0.1) is 23.8 Å². The quantitative estimate of drug-likeness (QED) is 0.574. The zero-order valence-corrected chi connectivity index (χ0v) is 14.7. The van der Waals surface area contributed by atoms with Crippen molar-refractivity contribution in [3.05, 3.63) is 58.6 Å². The maximum absolute atomic E-state index is 13.5. The number of amides is 2. The SMILES string of the molecule is CN(CC(=O)Nc1ccc(F)c(Cl)c1)CC(=O)Nc1ccc(F)c(F)c1F. The highest BCUT2D eigenvalue weighted by molar-refractivity contribution is 6.31. The molecule has 0 aliphatic heterocycles. The lowest BCUT2D eigenvalue weighted by Crippen LogP contribution is -2.36. The van der Waals surface area contributed by atoms with Crippen LogP contribution in [-0.2, 0) is 9.59 Å². The van der Waals surface area contributed by atoms with Crippen molar-refractivity contribution in [2.45, 2.75) is 0 Å². The lowest BCUT2D eigenvalue weighted by molar-refractivity contribution is -0.119. The zero-order valence-electron chi connectivity index (χ0n) is 14.0. The van der Waals surface area contributed by atoms with Crippen LogP contribution in [0.25, 0.3) is 0 Å². The molecule has 2 aromatic rings. The van der Waals surface area contributed by atoms with E-state index in [2.05, 4.69) is 10.6 Å². The predicted octanol–water partition coefficient (Wildman–Crippen LogP) is 3.41. The number of nitrogens with zero attached hydrogens (tertiary/aromatic N) is 1. The van der Waals surface area contributed by atoms with Crippen molar-refractivity contribution >= 4 is 34.8 Å². The molecule has 2 aromatic carbocycles. The van der Waals surface area contributed by atoms with Crippen LogP contribution in [-0.4, -0.2) is 36.9 Å². The summed E-state index contributed by atoms with van der Waals surface area (Å²) in [5.41, 5.74) is -0.245. The highest BCUT2D eigenvalue weighted by atomic mass is 35.5. The van der Waals surface area contributed by atoms with E-state index in [-0.39, 0.29) is 23.8 Å². The molecule has 0 radical (unpaired) electrons. The zero-order chi connectivity index (χ0) is 20.1. The van der Waals surface area contributed by atoms with E-state index < -0.39 is 40.8 Å². The highest BCUT2D eigenvalue weighted by Gasteiger charge is 2.17. The van der Waals surface area contributed by atoms with Crippen molar-refractivity contribution in [3.63, 3.8) is 0 Å². The van der Waals surface area contributed by atoms with Gasteiger partial charge in [0.15, 0.2) is 17.5 Å². The van der Waals surface area contributed by atoms with Gasteiger partial charge < -0.3 is 10.6 Å². The Hall–Kier alpha value is -2.65. The fourth-order valence-electron chi connectivity index (χ4n) is 2.13. The van der Waals surface area contributed by atoms with Gasteiger partial charge in [0.2, 0.25) is 11.8 Å². The summed E-state index contributed by atoms with van der Waals surface area (Å²) in [5.74, 6) is -6.46. The minimum Gasteiger partial charge on any atom is -0.325 e. The highest BCUT2D eigenvalue weighted by Crippen LogP contribution is 2.20. The van der Waals surface area contributed by atoms with E-state index in [1.165, 1.54) is 24.1 Å². The third-order valence-corrected chi connectivity index (χ3v) is 3.63. The second-order valence-corrected chi connectivity index (χ2v) is 6.03. The molecule has 0 bridgehead atoms. The molecule has 0 fully saturated rings. The first kappa shape index (κ1) is 20.7. The number of anilines is 2. The minimum atomic E-state index is -1.70. The Balaban J connectivity index is 1.88. The Bertz CT molecular complexity index is 879. The van der Waals surface area contributed by atoms with Crippen molar-refractivity contribution < 1.29 is 27.2 Å². The molecule has 0 unspecified atom stereocenters. The van der Waals surface area contributed by atoms with Gasteiger partial charge in [-0.25, -0.2) is 17.6 Å². The Morgan fingerprint density at radius 3 is 2.15 bits per heavy atom. The molecule has 0 atom stereocenters. The first-order valence-corrected chi connectivity index (χ1v) is 7.92. The third-order valence-electron chi connectivity index (χ3n) is 3.34. The first-order valence-electron chi connectivity index (χ1n) is 7.54. The van der Waals surface area contributed by atoms with E-state index in [0.717, 1.165) is 12.1 Å². The summed E-state index contributed by atoms with van der Waals surface area (Å²) < 4.78 is 52.6. The summed E-state index contributed by atoms with van der Waals surface area (Å²) in [6, 6.07) is 5.20. The molecule has 0 saturated heterocycles. The maximum atomic E-state index is 13.5. The summed E-state index contributed by atoms with van der Waals surface area (Å²) >= 11 is 5.61. The molecule has 2 amide bonds. The van der Waals surface area contributed by atoms with Gasteiger partial charge in [0, 0.05) is 5.69 Å². The Labute approximate surface area is 156 Å². The molecule has 0 aliphatic rings. The number of carbonyl (C=O) groups is 2. The summed E-state index contributed by atoms with van der Waals surface area (Å²) in [6.45, 7) is -0.543.